The number of nitrogens with zero attached hydrogens (tertiary/aromatic N) is 1. The lowest BCUT2D eigenvalue weighted by Gasteiger charge is -2.08. The molecular formula is C14H9F5N2O2S. The fourth-order valence-electron chi connectivity index (χ4n) is 1.77. The summed E-state index contributed by atoms with van der Waals surface area (Å²) in [6.45, 7) is 0. The number of halogens is 5. The third-order valence-electron chi connectivity index (χ3n) is 2.95. The second-order valence-corrected chi connectivity index (χ2v) is 5.55. The fourth-order valence-corrected chi connectivity index (χ4v) is 2.55. The zero-order valence-electron chi connectivity index (χ0n) is 12.0. The van der Waals surface area contributed by atoms with Crippen molar-refractivity contribution in [2.24, 2.45) is 7.05 Å². The van der Waals surface area contributed by atoms with E-state index < -0.39 is 51.5 Å². The number of imide groups is 1. The van der Waals surface area contributed by atoms with E-state index in [2.05, 4.69) is 0 Å². The molecule has 1 aromatic heterocycles. The highest BCUT2D eigenvalue weighted by atomic mass is 32.2. The second kappa shape index (κ2) is 7.04. The molecule has 0 saturated heterocycles. The van der Waals surface area contributed by atoms with Crippen molar-refractivity contribution in [1.29, 1.82) is 0 Å². The van der Waals surface area contributed by atoms with Crippen molar-refractivity contribution in [3.05, 3.63) is 53.1 Å². The smallest absolute Gasteiger partial charge is 0.274 e. The zero-order chi connectivity index (χ0) is 18.0. The van der Waals surface area contributed by atoms with Gasteiger partial charge in [-0.3, -0.25) is 14.9 Å². The Bertz CT molecular complexity index is 793. The maximum Gasteiger partial charge on any atom is 0.274 e. The Morgan fingerprint density at radius 2 is 1.58 bits per heavy atom. The van der Waals surface area contributed by atoms with Crippen LogP contribution < -0.4 is 5.32 Å². The average molecular weight is 364 g/mol. The van der Waals surface area contributed by atoms with E-state index in [9.17, 15) is 31.5 Å². The molecule has 0 atom stereocenters. The monoisotopic (exact) mass is 364 g/mol. The summed E-state index contributed by atoms with van der Waals surface area (Å²) in [6, 6.07) is 2.99. The molecule has 0 aliphatic heterocycles. The summed E-state index contributed by atoms with van der Waals surface area (Å²) in [7, 11) is 1.56. The number of nitrogens with one attached hydrogen (secondary N) is 1. The second-order valence-electron chi connectivity index (χ2n) is 4.57. The van der Waals surface area contributed by atoms with Crippen molar-refractivity contribution >= 4 is 23.6 Å². The van der Waals surface area contributed by atoms with Crippen LogP contribution in [0.1, 0.15) is 10.5 Å². The van der Waals surface area contributed by atoms with Crippen LogP contribution >= 0.6 is 11.8 Å². The number of amides is 2. The van der Waals surface area contributed by atoms with Gasteiger partial charge < -0.3 is 4.57 Å². The largest absolute Gasteiger partial charge is 0.347 e. The summed E-state index contributed by atoms with van der Waals surface area (Å²) < 4.78 is 67.3. The molecule has 4 nitrogen and oxygen atoms in total. The van der Waals surface area contributed by atoms with E-state index in [1.54, 1.807) is 19.3 Å². The first-order valence-corrected chi connectivity index (χ1v) is 7.32. The SMILES string of the molecule is Cn1cccc1C(=O)NC(=O)CSc1c(F)c(F)c(F)c(F)c1F. The van der Waals surface area contributed by atoms with Gasteiger partial charge in [0.25, 0.3) is 5.91 Å². The molecule has 24 heavy (non-hydrogen) atoms. The van der Waals surface area contributed by atoms with Crippen molar-refractivity contribution in [3.63, 3.8) is 0 Å². The Morgan fingerprint density at radius 3 is 2.08 bits per heavy atom. The molecule has 2 rings (SSSR count). The molecule has 128 valence electrons. The predicted octanol–water partition coefficient (Wildman–Crippen LogP) is 2.77. The molecule has 0 bridgehead atoms. The van der Waals surface area contributed by atoms with Crippen molar-refractivity contribution in [3.8, 4) is 0 Å². The number of hydrogen-bond donors (Lipinski definition) is 1. The fraction of sp³-hybridized carbons (Fsp3) is 0.143. The lowest BCUT2D eigenvalue weighted by molar-refractivity contribution is -0.117. The quantitative estimate of drug-likeness (QED) is 0.393. The molecule has 0 unspecified atom stereocenters. The van der Waals surface area contributed by atoms with Crippen LogP contribution in [0.25, 0.3) is 0 Å². The topological polar surface area (TPSA) is 51.1 Å². The highest BCUT2D eigenvalue weighted by Gasteiger charge is 2.26. The summed E-state index contributed by atoms with van der Waals surface area (Å²) in [4.78, 5) is 22.2. The highest BCUT2D eigenvalue weighted by Crippen LogP contribution is 2.30. The maximum absolute atomic E-state index is 13.4. The van der Waals surface area contributed by atoms with Crippen molar-refractivity contribution in [2.75, 3.05) is 5.75 Å². The molecule has 0 radical (unpaired) electrons. The molecule has 0 spiro atoms. The van der Waals surface area contributed by atoms with E-state index in [0.717, 1.165) is 0 Å². The number of carbonyl (C=O) groups excluding carboxylic acids is 2. The maximum atomic E-state index is 13.4. The first kappa shape index (κ1) is 18.0. The summed E-state index contributed by atoms with van der Waals surface area (Å²) >= 11 is 0.0945. The van der Waals surface area contributed by atoms with E-state index in [4.69, 9.17) is 0 Å². The van der Waals surface area contributed by atoms with Gasteiger partial charge >= 0.3 is 0 Å². The first-order chi connectivity index (χ1) is 11.2. The number of aryl methyl sites for hydroxylation is 1. The predicted molar refractivity (Wildman–Crippen MR) is 74.8 cm³/mol. The number of carbonyl (C=O) groups is 2. The summed E-state index contributed by atoms with van der Waals surface area (Å²) in [6.07, 6.45) is 1.56. The zero-order valence-corrected chi connectivity index (χ0v) is 12.8. The summed E-state index contributed by atoms with van der Waals surface area (Å²) in [5.74, 6) is -13.0. The minimum atomic E-state index is -2.28. The van der Waals surface area contributed by atoms with Gasteiger partial charge in [0.15, 0.2) is 23.3 Å². The molecular weight excluding hydrogens is 355 g/mol. The van der Waals surface area contributed by atoms with Gasteiger partial charge in [0.2, 0.25) is 11.7 Å². The van der Waals surface area contributed by atoms with Crippen LogP contribution in [0, 0.1) is 29.1 Å². The Hall–Kier alpha value is -2.36. The normalized spacial score (nSPS) is 10.8. The van der Waals surface area contributed by atoms with Gasteiger partial charge in [0, 0.05) is 13.2 Å². The molecule has 0 saturated carbocycles. The standard InChI is InChI=1S/C14H9F5N2O2S/c1-21-4-2-3-6(21)14(23)20-7(22)5-24-13-11(18)9(16)8(15)10(17)12(13)19/h2-4H,5H2,1H3,(H,20,22,23). The minimum absolute atomic E-state index is 0.0945. The van der Waals surface area contributed by atoms with Gasteiger partial charge in [-0.2, -0.15) is 0 Å². The molecule has 0 fully saturated rings. The molecule has 0 aliphatic rings. The molecule has 2 amide bonds. The van der Waals surface area contributed by atoms with E-state index >= 15 is 0 Å². The Labute approximate surface area is 136 Å². The average Bonchev–Trinajstić information content (AvgIpc) is 2.97. The van der Waals surface area contributed by atoms with Crippen LogP contribution in [0.5, 0.6) is 0 Å². The van der Waals surface area contributed by atoms with Gasteiger partial charge in [-0.05, 0) is 12.1 Å². The van der Waals surface area contributed by atoms with E-state index in [-0.39, 0.29) is 17.5 Å². The lowest BCUT2D eigenvalue weighted by Crippen LogP contribution is -2.33. The number of benzene rings is 1. The molecule has 2 aromatic rings. The van der Waals surface area contributed by atoms with Crippen LogP contribution in [0.15, 0.2) is 23.2 Å². The summed E-state index contributed by atoms with van der Waals surface area (Å²) in [5.41, 5.74) is 0.157. The lowest BCUT2D eigenvalue weighted by atomic mass is 10.3. The van der Waals surface area contributed by atoms with E-state index in [0.29, 0.717) is 0 Å². The number of thioether (sulfide) groups is 1. The Kier molecular flexibility index (Phi) is 5.27. The molecule has 1 heterocycles. The third-order valence-corrected chi connectivity index (χ3v) is 4.00. The Morgan fingerprint density at radius 1 is 1.04 bits per heavy atom. The number of aromatic nitrogens is 1. The number of rotatable bonds is 4. The third kappa shape index (κ3) is 3.42. The molecule has 1 aromatic carbocycles. The van der Waals surface area contributed by atoms with Gasteiger partial charge in [-0.1, -0.05) is 0 Å². The van der Waals surface area contributed by atoms with Gasteiger partial charge in [0.1, 0.15) is 5.69 Å². The van der Waals surface area contributed by atoms with Crippen LogP contribution in [0.4, 0.5) is 22.0 Å². The van der Waals surface area contributed by atoms with Crippen molar-refractivity contribution in [2.45, 2.75) is 4.90 Å². The van der Waals surface area contributed by atoms with E-state index in [1.165, 1.54) is 10.6 Å². The summed E-state index contributed by atoms with van der Waals surface area (Å²) in [5, 5.41) is 1.95. The minimum Gasteiger partial charge on any atom is -0.347 e. The molecule has 0 aliphatic carbocycles. The molecule has 1 N–H and O–H groups in total. The van der Waals surface area contributed by atoms with Crippen LogP contribution in [0.2, 0.25) is 0 Å². The Balaban J connectivity index is 2.08. The van der Waals surface area contributed by atoms with Crippen molar-refractivity contribution in [1.82, 2.24) is 9.88 Å². The first-order valence-electron chi connectivity index (χ1n) is 6.33. The number of hydrogen-bond acceptors (Lipinski definition) is 3. The van der Waals surface area contributed by atoms with Gasteiger partial charge in [-0.25, -0.2) is 22.0 Å². The molecule has 10 heteroatoms. The van der Waals surface area contributed by atoms with E-state index in [1.807, 2.05) is 5.32 Å². The van der Waals surface area contributed by atoms with Crippen LogP contribution in [-0.4, -0.2) is 22.1 Å². The van der Waals surface area contributed by atoms with Crippen molar-refractivity contribution < 1.29 is 31.5 Å². The van der Waals surface area contributed by atoms with Crippen LogP contribution in [-0.2, 0) is 11.8 Å². The van der Waals surface area contributed by atoms with Gasteiger partial charge in [-0.15, -0.1) is 11.8 Å². The van der Waals surface area contributed by atoms with Crippen LogP contribution in [0.3, 0.4) is 0 Å². The van der Waals surface area contributed by atoms with Gasteiger partial charge in [0.05, 0.1) is 10.6 Å². The highest BCUT2D eigenvalue weighted by molar-refractivity contribution is 8.00.